The smallest absolute Gasteiger partial charge is 0.335 e. The molecule has 7 heteroatoms. The molecule has 0 bridgehead atoms. The highest BCUT2D eigenvalue weighted by atomic mass is 32.1. The molecule has 0 aliphatic heterocycles. The van der Waals surface area contributed by atoms with E-state index in [4.69, 9.17) is 26.8 Å². The molecule has 0 spiro atoms. The first-order chi connectivity index (χ1) is 11.0. The van der Waals surface area contributed by atoms with Crippen LogP contribution in [0.3, 0.4) is 0 Å². The Morgan fingerprint density at radius 1 is 0.957 bits per heavy atom. The Balaban J connectivity index is 2.05. The van der Waals surface area contributed by atoms with Crippen LogP contribution in [0.5, 0.6) is 11.5 Å². The van der Waals surface area contributed by atoms with Crippen molar-refractivity contribution in [2.24, 2.45) is 0 Å². The Morgan fingerprint density at radius 3 is 1.96 bits per heavy atom. The Kier molecular flexibility index (Phi) is 5.37. The fourth-order valence-electron chi connectivity index (χ4n) is 1.87. The van der Waals surface area contributed by atoms with Crippen molar-refractivity contribution in [3.05, 3.63) is 48.0 Å². The van der Waals surface area contributed by atoms with Crippen LogP contribution < -0.4 is 20.1 Å². The number of nitrogens with one attached hydrogen (secondary N) is 2. The summed E-state index contributed by atoms with van der Waals surface area (Å²) in [6, 6.07) is 11.6. The normalized spacial score (nSPS) is 9.83. The molecule has 2 aromatic rings. The number of carboxylic acid groups (broad SMARTS) is 1. The summed E-state index contributed by atoms with van der Waals surface area (Å²) < 4.78 is 10.4. The van der Waals surface area contributed by atoms with E-state index >= 15 is 0 Å². The topological polar surface area (TPSA) is 79.8 Å². The number of anilines is 2. The fraction of sp³-hybridized carbons (Fsp3) is 0.125. The van der Waals surface area contributed by atoms with Crippen molar-refractivity contribution in [1.82, 2.24) is 0 Å². The van der Waals surface area contributed by atoms with Gasteiger partial charge in [-0.25, -0.2) is 4.79 Å². The summed E-state index contributed by atoms with van der Waals surface area (Å²) in [5, 5.41) is 15.2. The number of thiocarbonyl (C=S) groups is 1. The molecule has 2 rings (SSSR count). The zero-order valence-corrected chi connectivity index (χ0v) is 13.4. The van der Waals surface area contributed by atoms with E-state index in [2.05, 4.69) is 10.6 Å². The van der Waals surface area contributed by atoms with E-state index in [0.29, 0.717) is 28.0 Å². The monoisotopic (exact) mass is 332 g/mol. The largest absolute Gasteiger partial charge is 0.497 e. The number of benzene rings is 2. The molecule has 0 aromatic heterocycles. The van der Waals surface area contributed by atoms with Crippen molar-refractivity contribution in [2.75, 3.05) is 24.9 Å². The lowest BCUT2D eigenvalue weighted by atomic mass is 10.2. The second-order valence-electron chi connectivity index (χ2n) is 4.56. The fourth-order valence-corrected chi connectivity index (χ4v) is 2.10. The molecular formula is C16H16N2O4S. The lowest BCUT2D eigenvalue weighted by Crippen LogP contribution is -2.19. The summed E-state index contributed by atoms with van der Waals surface area (Å²) in [6.07, 6.45) is 0. The minimum absolute atomic E-state index is 0.215. The van der Waals surface area contributed by atoms with Gasteiger partial charge in [0.15, 0.2) is 5.11 Å². The maximum Gasteiger partial charge on any atom is 0.335 e. The Hall–Kier alpha value is -2.80. The summed E-state index contributed by atoms with van der Waals surface area (Å²) in [5.41, 5.74) is 1.61. The van der Waals surface area contributed by atoms with Gasteiger partial charge in [-0.1, -0.05) is 0 Å². The third-order valence-corrected chi connectivity index (χ3v) is 3.20. The van der Waals surface area contributed by atoms with Gasteiger partial charge in [0.2, 0.25) is 0 Å². The lowest BCUT2D eigenvalue weighted by molar-refractivity contribution is 0.0697. The van der Waals surface area contributed by atoms with Gasteiger partial charge >= 0.3 is 5.97 Å². The molecule has 0 aliphatic carbocycles. The molecule has 3 N–H and O–H groups in total. The minimum atomic E-state index is -0.972. The molecule has 0 fully saturated rings. The van der Waals surface area contributed by atoms with E-state index < -0.39 is 5.97 Å². The summed E-state index contributed by atoms with van der Waals surface area (Å²) in [5.74, 6) is 0.307. The maximum atomic E-state index is 10.8. The van der Waals surface area contributed by atoms with Crippen LogP contribution in [-0.2, 0) is 0 Å². The van der Waals surface area contributed by atoms with E-state index in [1.165, 1.54) is 12.1 Å². The van der Waals surface area contributed by atoms with Crippen molar-refractivity contribution < 1.29 is 19.4 Å². The van der Waals surface area contributed by atoms with Gasteiger partial charge in [-0.05, 0) is 36.5 Å². The van der Waals surface area contributed by atoms with E-state index in [9.17, 15) is 4.79 Å². The third kappa shape index (κ3) is 4.58. The second kappa shape index (κ2) is 7.46. The Labute approximate surface area is 139 Å². The van der Waals surface area contributed by atoms with Gasteiger partial charge in [0.05, 0.1) is 19.8 Å². The van der Waals surface area contributed by atoms with E-state index in [1.807, 2.05) is 0 Å². The van der Waals surface area contributed by atoms with Gasteiger partial charge in [-0.3, -0.25) is 0 Å². The molecule has 120 valence electrons. The third-order valence-electron chi connectivity index (χ3n) is 3.00. The van der Waals surface area contributed by atoms with Crippen LogP contribution in [0.15, 0.2) is 42.5 Å². The van der Waals surface area contributed by atoms with Gasteiger partial charge in [0.1, 0.15) is 11.5 Å². The molecule has 0 heterocycles. The molecular weight excluding hydrogens is 316 g/mol. The van der Waals surface area contributed by atoms with Crippen molar-refractivity contribution in [3.8, 4) is 11.5 Å². The maximum absolute atomic E-state index is 10.8. The molecule has 0 saturated carbocycles. The zero-order valence-electron chi connectivity index (χ0n) is 12.6. The standard InChI is InChI=1S/C16H16N2O4S/c1-21-13-7-12(8-14(9-13)22-2)18-16(23)17-11-5-3-10(4-6-11)15(19)20/h3-9H,1-2H3,(H,19,20)(H2,17,18,23). The first-order valence-electron chi connectivity index (χ1n) is 6.66. The van der Waals surface area contributed by atoms with Crippen molar-refractivity contribution in [1.29, 1.82) is 0 Å². The van der Waals surface area contributed by atoms with Gasteiger partial charge in [-0.15, -0.1) is 0 Å². The number of hydrogen-bond acceptors (Lipinski definition) is 4. The summed E-state index contributed by atoms with van der Waals surface area (Å²) >= 11 is 5.24. The predicted molar refractivity (Wildman–Crippen MR) is 92.8 cm³/mol. The molecule has 0 atom stereocenters. The van der Waals surface area contributed by atoms with E-state index in [1.54, 1.807) is 44.6 Å². The molecule has 6 nitrogen and oxygen atoms in total. The van der Waals surface area contributed by atoms with E-state index in [-0.39, 0.29) is 5.56 Å². The van der Waals surface area contributed by atoms with Crippen LogP contribution in [0.1, 0.15) is 10.4 Å². The van der Waals surface area contributed by atoms with Gasteiger partial charge in [0, 0.05) is 29.6 Å². The quantitative estimate of drug-likeness (QED) is 0.726. The number of methoxy groups -OCH3 is 2. The van der Waals surface area contributed by atoms with Gasteiger partial charge in [-0.2, -0.15) is 0 Å². The summed E-state index contributed by atoms with van der Waals surface area (Å²) in [4.78, 5) is 10.8. The lowest BCUT2D eigenvalue weighted by Gasteiger charge is -2.13. The first-order valence-corrected chi connectivity index (χ1v) is 7.07. The number of carboxylic acids is 1. The number of ether oxygens (including phenoxy) is 2. The molecule has 0 radical (unpaired) electrons. The van der Waals surface area contributed by atoms with Crippen molar-refractivity contribution >= 4 is 34.7 Å². The van der Waals surface area contributed by atoms with Crippen molar-refractivity contribution in [3.63, 3.8) is 0 Å². The summed E-state index contributed by atoms with van der Waals surface area (Å²) in [6.45, 7) is 0. The SMILES string of the molecule is COc1cc(NC(=S)Nc2ccc(C(=O)O)cc2)cc(OC)c1. The number of aromatic carboxylic acids is 1. The average molecular weight is 332 g/mol. The first kappa shape index (κ1) is 16.6. The highest BCUT2D eigenvalue weighted by molar-refractivity contribution is 7.80. The van der Waals surface area contributed by atoms with Crippen LogP contribution in [0.4, 0.5) is 11.4 Å². The van der Waals surface area contributed by atoms with Crippen LogP contribution >= 0.6 is 12.2 Å². The molecule has 0 unspecified atom stereocenters. The van der Waals surface area contributed by atoms with Gasteiger partial charge < -0.3 is 25.2 Å². The highest BCUT2D eigenvalue weighted by Gasteiger charge is 2.05. The highest BCUT2D eigenvalue weighted by Crippen LogP contribution is 2.25. The Bertz CT molecular complexity index is 694. The number of rotatable bonds is 5. The molecule has 0 aliphatic rings. The predicted octanol–water partition coefficient (Wildman–Crippen LogP) is 3.21. The molecule has 0 amide bonds. The second-order valence-corrected chi connectivity index (χ2v) is 4.97. The zero-order chi connectivity index (χ0) is 16.8. The number of carbonyl (C=O) groups is 1. The van der Waals surface area contributed by atoms with Gasteiger partial charge in [0.25, 0.3) is 0 Å². The summed E-state index contributed by atoms with van der Waals surface area (Å²) in [7, 11) is 3.14. The van der Waals surface area contributed by atoms with Crippen LogP contribution in [-0.4, -0.2) is 30.4 Å². The minimum Gasteiger partial charge on any atom is -0.497 e. The number of hydrogen-bond donors (Lipinski definition) is 3. The van der Waals surface area contributed by atoms with Crippen molar-refractivity contribution in [2.45, 2.75) is 0 Å². The van der Waals surface area contributed by atoms with Crippen LogP contribution in [0, 0.1) is 0 Å². The Morgan fingerprint density at radius 2 is 1.48 bits per heavy atom. The van der Waals surface area contributed by atoms with E-state index in [0.717, 1.165) is 0 Å². The molecule has 2 aromatic carbocycles. The average Bonchev–Trinajstić information content (AvgIpc) is 2.54. The van der Waals surface area contributed by atoms with Crippen LogP contribution in [0.25, 0.3) is 0 Å². The molecule has 23 heavy (non-hydrogen) atoms. The van der Waals surface area contributed by atoms with Crippen LogP contribution in [0.2, 0.25) is 0 Å². The molecule has 0 saturated heterocycles.